The summed E-state index contributed by atoms with van der Waals surface area (Å²) < 4.78 is 5.05. The second kappa shape index (κ2) is 6.31. The van der Waals surface area contributed by atoms with Gasteiger partial charge in [-0.05, 0) is 6.42 Å². The minimum Gasteiger partial charge on any atom is -0.372 e. The van der Waals surface area contributed by atoms with Crippen LogP contribution in [0.15, 0.2) is 12.4 Å². The monoisotopic (exact) mass is 229 g/mol. The molecule has 1 aromatic heterocycles. The SMILES string of the molecule is CCCOCC(=O)Nc1nccnc1Cl. The lowest BCUT2D eigenvalue weighted by Gasteiger charge is -2.05. The normalized spacial score (nSPS) is 10.0. The van der Waals surface area contributed by atoms with Crippen LogP contribution in [0.25, 0.3) is 0 Å². The van der Waals surface area contributed by atoms with E-state index in [9.17, 15) is 4.79 Å². The highest BCUT2D eigenvalue weighted by Gasteiger charge is 2.06. The average molecular weight is 230 g/mol. The van der Waals surface area contributed by atoms with Gasteiger partial charge in [0.05, 0.1) is 0 Å². The Balaban J connectivity index is 2.41. The molecule has 1 amide bonds. The molecule has 0 bridgehead atoms. The summed E-state index contributed by atoms with van der Waals surface area (Å²) in [6.07, 6.45) is 3.78. The number of halogens is 1. The van der Waals surface area contributed by atoms with E-state index >= 15 is 0 Å². The van der Waals surface area contributed by atoms with Gasteiger partial charge in [0.1, 0.15) is 6.61 Å². The van der Waals surface area contributed by atoms with Crippen molar-refractivity contribution in [1.82, 2.24) is 9.97 Å². The Hall–Kier alpha value is -1.20. The van der Waals surface area contributed by atoms with Crippen molar-refractivity contribution in [2.75, 3.05) is 18.5 Å². The maximum atomic E-state index is 11.3. The third-order valence-corrected chi connectivity index (χ3v) is 1.77. The number of amides is 1. The van der Waals surface area contributed by atoms with Gasteiger partial charge in [-0.1, -0.05) is 18.5 Å². The van der Waals surface area contributed by atoms with Gasteiger partial charge < -0.3 is 10.1 Å². The van der Waals surface area contributed by atoms with Gasteiger partial charge in [0.25, 0.3) is 5.91 Å². The fourth-order valence-electron chi connectivity index (χ4n) is 0.882. The Morgan fingerprint density at radius 1 is 1.53 bits per heavy atom. The number of carbonyl (C=O) groups is 1. The molecule has 0 unspecified atom stereocenters. The van der Waals surface area contributed by atoms with Crippen molar-refractivity contribution in [3.05, 3.63) is 17.5 Å². The van der Waals surface area contributed by atoms with Crippen molar-refractivity contribution in [2.24, 2.45) is 0 Å². The fraction of sp³-hybridized carbons (Fsp3) is 0.444. The highest BCUT2D eigenvalue weighted by Crippen LogP contribution is 2.13. The van der Waals surface area contributed by atoms with E-state index in [0.717, 1.165) is 6.42 Å². The summed E-state index contributed by atoms with van der Waals surface area (Å²) in [7, 11) is 0. The Bertz CT molecular complexity index is 333. The van der Waals surface area contributed by atoms with Gasteiger partial charge in [0.15, 0.2) is 11.0 Å². The van der Waals surface area contributed by atoms with E-state index in [-0.39, 0.29) is 23.5 Å². The molecular weight excluding hydrogens is 218 g/mol. The number of carbonyl (C=O) groups excluding carboxylic acids is 1. The Kier molecular flexibility index (Phi) is 5.00. The minimum absolute atomic E-state index is 0.000737. The number of aromatic nitrogens is 2. The van der Waals surface area contributed by atoms with E-state index in [2.05, 4.69) is 15.3 Å². The highest BCUT2D eigenvalue weighted by atomic mass is 35.5. The molecule has 0 aliphatic heterocycles. The van der Waals surface area contributed by atoms with Crippen LogP contribution in [0.4, 0.5) is 5.82 Å². The van der Waals surface area contributed by atoms with E-state index < -0.39 is 0 Å². The second-order valence-electron chi connectivity index (χ2n) is 2.80. The van der Waals surface area contributed by atoms with Crippen molar-refractivity contribution in [1.29, 1.82) is 0 Å². The zero-order valence-electron chi connectivity index (χ0n) is 8.36. The van der Waals surface area contributed by atoms with Crippen LogP contribution in [0.2, 0.25) is 5.15 Å². The fourth-order valence-corrected chi connectivity index (χ4v) is 1.03. The van der Waals surface area contributed by atoms with Gasteiger partial charge >= 0.3 is 0 Å². The highest BCUT2D eigenvalue weighted by molar-refractivity contribution is 6.32. The van der Waals surface area contributed by atoms with Crippen molar-refractivity contribution in [2.45, 2.75) is 13.3 Å². The van der Waals surface area contributed by atoms with Crippen LogP contribution in [0.1, 0.15) is 13.3 Å². The van der Waals surface area contributed by atoms with E-state index in [0.29, 0.717) is 6.61 Å². The van der Waals surface area contributed by atoms with Crippen molar-refractivity contribution >= 4 is 23.3 Å². The van der Waals surface area contributed by atoms with Crippen molar-refractivity contribution in [3.63, 3.8) is 0 Å². The van der Waals surface area contributed by atoms with Crippen LogP contribution >= 0.6 is 11.6 Å². The second-order valence-corrected chi connectivity index (χ2v) is 3.15. The predicted octanol–water partition coefficient (Wildman–Crippen LogP) is 1.50. The molecule has 0 aliphatic carbocycles. The van der Waals surface area contributed by atoms with Crippen LogP contribution in [-0.2, 0) is 9.53 Å². The van der Waals surface area contributed by atoms with Gasteiger partial charge in [0, 0.05) is 19.0 Å². The van der Waals surface area contributed by atoms with Crippen molar-refractivity contribution in [3.8, 4) is 0 Å². The lowest BCUT2D eigenvalue weighted by Crippen LogP contribution is -2.19. The molecule has 0 saturated carbocycles. The van der Waals surface area contributed by atoms with Gasteiger partial charge in [-0.25, -0.2) is 9.97 Å². The van der Waals surface area contributed by atoms with Gasteiger partial charge in [0.2, 0.25) is 0 Å². The van der Waals surface area contributed by atoms with Crippen LogP contribution in [-0.4, -0.2) is 29.1 Å². The molecule has 1 heterocycles. The molecule has 0 aromatic carbocycles. The molecule has 1 N–H and O–H groups in total. The molecular formula is C9H12ClN3O2. The average Bonchev–Trinajstić information content (AvgIpc) is 2.22. The maximum Gasteiger partial charge on any atom is 0.251 e. The van der Waals surface area contributed by atoms with Gasteiger partial charge in [-0.3, -0.25) is 4.79 Å². The third-order valence-electron chi connectivity index (χ3n) is 1.49. The zero-order valence-corrected chi connectivity index (χ0v) is 9.12. The third kappa shape index (κ3) is 4.22. The van der Waals surface area contributed by atoms with Crippen LogP contribution in [0.5, 0.6) is 0 Å². The number of hydrogen-bond donors (Lipinski definition) is 1. The molecule has 6 heteroatoms. The Morgan fingerprint density at radius 2 is 2.27 bits per heavy atom. The molecule has 0 radical (unpaired) electrons. The van der Waals surface area contributed by atoms with Crippen LogP contribution in [0.3, 0.4) is 0 Å². The maximum absolute atomic E-state index is 11.3. The molecule has 5 nitrogen and oxygen atoms in total. The molecule has 0 saturated heterocycles. The first-order valence-electron chi connectivity index (χ1n) is 4.58. The first-order valence-corrected chi connectivity index (χ1v) is 4.96. The number of ether oxygens (including phenoxy) is 1. The largest absolute Gasteiger partial charge is 0.372 e. The molecule has 0 aliphatic rings. The number of hydrogen-bond acceptors (Lipinski definition) is 4. The number of anilines is 1. The molecule has 0 atom stereocenters. The zero-order chi connectivity index (χ0) is 11.1. The Labute approximate surface area is 92.8 Å². The minimum atomic E-state index is -0.286. The standard InChI is InChI=1S/C9H12ClN3O2/c1-2-5-15-6-7(14)13-9-8(10)11-3-4-12-9/h3-4H,2,5-6H2,1H3,(H,12,13,14). The van der Waals surface area contributed by atoms with Crippen LogP contribution < -0.4 is 5.32 Å². The first kappa shape index (κ1) is 11.9. The summed E-state index contributed by atoms with van der Waals surface area (Å²) >= 11 is 5.70. The molecule has 15 heavy (non-hydrogen) atoms. The van der Waals surface area contributed by atoms with E-state index in [1.807, 2.05) is 6.92 Å². The van der Waals surface area contributed by atoms with Gasteiger partial charge in [-0.15, -0.1) is 0 Å². The summed E-state index contributed by atoms with van der Waals surface area (Å²) in [6.45, 7) is 2.53. The predicted molar refractivity (Wildman–Crippen MR) is 56.8 cm³/mol. The molecule has 0 fully saturated rings. The lowest BCUT2D eigenvalue weighted by atomic mass is 10.5. The van der Waals surface area contributed by atoms with E-state index in [1.165, 1.54) is 12.4 Å². The smallest absolute Gasteiger partial charge is 0.251 e. The molecule has 1 rings (SSSR count). The van der Waals surface area contributed by atoms with E-state index in [4.69, 9.17) is 16.3 Å². The first-order chi connectivity index (χ1) is 7.24. The number of rotatable bonds is 5. The topological polar surface area (TPSA) is 64.1 Å². The number of nitrogens with one attached hydrogen (secondary N) is 1. The lowest BCUT2D eigenvalue weighted by molar-refractivity contribution is -0.120. The summed E-state index contributed by atoms with van der Waals surface area (Å²) in [5.41, 5.74) is 0. The summed E-state index contributed by atoms with van der Waals surface area (Å²) in [6, 6.07) is 0. The Morgan fingerprint density at radius 3 is 2.93 bits per heavy atom. The quantitative estimate of drug-likeness (QED) is 0.777. The summed E-state index contributed by atoms with van der Waals surface area (Å²) in [4.78, 5) is 18.9. The number of nitrogens with zero attached hydrogens (tertiary/aromatic N) is 2. The van der Waals surface area contributed by atoms with Crippen molar-refractivity contribution < 1.29 is 9.53 Å². The molecule has 82 valence electrons. The molecule has 1 aromatic rings. The van der Waals surface area contributed by atoms with Crippen LogP contribution in [0, 0.1) is 0 Å². The summed E-state index contributed by atoms with van der Waals surface area (Å²) in [5, 5.41) is 2.67. The van der Waals surface area contributed by atoms with Gasteiger partial charge in [-0.2, -0.15) is 0 Å². The van der Waals surface area contributed by atoms with E-state index in [1.54, 1.807) is 0 Å². The molecule has 0 spiro atoms. The summed E-state index contributed by atoms with van der Waals surface area (Å²) in [5.74, 6) is -0.0323.